The van der Waals surface area contributed by atoms with Crippen LogP contribution in [0.15, 0.2) is 12.1 Å². The van der Waals surface area contributed by atoms with E-state index in [4.69, 9.17) is 10.2 Å². The predicted octanol–water partition coefficient (Wildman–Crippen LogP) is 1.16. The van der Waals surface area contributed by atoms with Gasteiger partial charge < -0.3 is 15.5 Å². The number of carboxylic acids is 1. The van der Waals surface area contributed by atoms with Crippen molar-refractivity contribution in [2.75, 3.05) is 6.61 Å². The zero-order chi connectivity index (χ0) is 14.8. The summed E-state index contributed by atoms with van der Waals surface area (Å²) in [6, 6.07) is 0.958. The van der Waals surface area contributed by atoms with Crippen LogP contribution in [0.4, 0.5) is 8.78 Å². The molecule has 0 aliphatic rings. The van der Waals surface area contributed by atoms with Gasteiger partial charge in [-0.1, -0.05) is 0 Å². The lowest BCUT2D eigenvalue weighted by Crippen LogP contribution is -2.46. The number of aromatic carboxylic acids is 1. The topological polar surface area (TPSA) is 86.6 Å². The highest BCUT2D eigenvalue weighted by molar-refractivity contribution is 6.05. The van der Waals surface area contributed by atoms with Crippen molar-refractivity contribution in [1.29, 1.82) is 0 Å². The number of rotatable bonds is 4. The fraction of sp³-hybridized carbons (Fsp3) is 0.333. The molecule has 0 radical (unpaired) electrons. The van der Waals surface area contributed by atoms with E-state index in [1.807, 2.05) is 0 Å². The Labute approximate surface area is 107 Å². The molecule has 0 bridgehead atoms. The van der Waals surface area contributed by atoms with Crippen LogP contribution in [0.3, 0.4) is 0 Å². The van der Waals surface area contributed by atoms with Gasteiger partial charge in [0, 0.05) is 0 Å². The van der Waals surface area contributed by atoms with Crippen molar-refractivity contribution in [1.82, 2.24) is 5.32 Å². The van der Waals surface area contributed by atoms with Crippen LogP contribution in [0.5, 0.6) is 0 Å². The molecule has 1 rings (SSSR count). The Hall–Kier alpha value is -2.02. The third-order valence-corrected chi connectivity index (χ3v) is 2.38. The van der Waals surface area contributed by atoms with Crippen molar-refractivity contribution in [3.63, 3.8) is 0 Å². The van der Waals surface area contributed by atoms with Crippen LogP contribution in [-0.2, 0) is 0 Å². The van der Waals surface area contributed by atoms with Crippen LogP contribution in [0.25, 0.3) is 0 Å². The molecule has 5 nitrogen and oxygen atoms in total. The minimum Gasteiger partial charge on any atom is -0.478 e. The highest BCUT2D eigenvalue weighted by Gasteiger charge is 2.25. The number of amides is 1. The van der Waals surface area contributed by atoms with E-state index < -0.39 is 46.8 Å². The number of carbonyl (C=O) groups is 2. The van der Waals surface area contributed by atoms with Crippen LogP contribution >= 0.6 is 0 Å². The Kier molecular flexibility index (Phi) is 4.21. The molecule has 3 N–H and O–H groups in total. The van der Waals surface area contributed by atoms with E-state index in [0.717, 1.165) is 0 Å². The molecule has 0 aromatic heterocycles. The first-order valence-electron chi connectivity index (χ1n) is 5.33. The van der Waals surface area contributed by atoms with Gasteiger partial charge in [0.05, 0.1) is 23.3 Å². The fourth-order valence-corrected chi connectivity index (χ4v) is 1.33. The summed E-state index contributed by atoms with van der Waals surface area (Å²) < 4.78 is 26.1. The monoisotopic (exact) mass is 273 g/mol. The molecule has 0 fully saturated rings. The third kappa shape index (κ3) is 3.47. The lowest BCUT2D eigenvalue weighted by Gasteiger charge is -2.23. The number of benzene rings is 1. The molecule has 0 spiro atoms. The second kappa shape index (κ2) is 5.31. The van der Waals surface area contributed by atoms with E-state index >= 15 is 0 Å². The molecular weight excluding hydrogens is 260 g/mol. The summed E-state index contributed by atoms with van der Waals surface area (Å²) in [5, 5.41) is 20.2. The van der Waals surface area contributed by atoms with Gasteiger partial charge in [0.15, 0.2) is 11.6 Å². The van der Waals surface area contributed by atoms with Gasteiger partial charge in [-0.05, 0) is 26.0 Å². The highest BCUT2D eigenvalue weighted by atomic mass is 19.2. The Balaban J connectivity index is 3.22. The van der Waals surface area contributed by atoms with Crippen molar-refractivity contribution < 1.29 is 28.6 Å². The summed E-state index contributed by atoms with van der Waals surface area (Å²) in [5.41, 5.74) is -2.17. The van der Waals surface area contributed by atoms with Crippen LogP contribution in [0.2, 0.25) is 0 Å². The molecular formula is C12H13F2NO4. The quantitative estimate of drug-likeness (QED) is 0.768. The molecule has 0 saturated carbocycles. The van der Waals surface area contributed by atoms with Crippen molar-refractivity contribution in [3.05, 3.63) is 34.9 Å². The van der Waals surface area contributed by atoms with E-state index in [1.165, 1.54) is 13.8 Å². The maximum absolute atomic E-state index is 13.1. The van der Waals surface area contributed by atoms with Gasteiger partial charge in [-0.25, -0.2) is 13.6 Å². The normalized spacial score (nSPS) is 11.2. The highest BCUT2D eigenvalue weighted by Crippen LogP contribution is 2.16. The summed E-state index contributed by atoms with van der Waals surface area (Å²) >= 11 is 0. The number of nitrogens with one attached hydrogen (secondary N) is 1. The summed E-state index contributed by atoms with van der Waals surface area (Å²) in [6.07, 6.45) is 0. The zero-order valence-electron chi connectivity index (χ0n) is 10.3. The summed E-state index contributed by atoms with van der Waals surface area (Å²) in [5.74, 6) is -5.13. The van der Waals surface area contributed by atoms with Crippen molar-refractivity contribution in [2.24, 2.45) is 0 Å². The van der Waals surface area contributed by atoms with E-state index in [9.17, 15) is 18.4 Å². The molecule has 7 heteroatoms. The number of hydrogen-bond acceptors (Lipinski definition) is 3. The van der Waals surface area contributed by atoms with E-state index in [2.05, 4.69) is 5.32 Å². The fourth-order valence-electron chi connectivity index (χ4n) is 1.33. The van der Waals surface area contributed by atoms with Gasteiger partial charge in [-0.3, -0.25) is 4.79 Å². The molecule has 0 unspecified atom stereocenters. The van der Waals surface area contributed by atoms with Gasteiger partial charge in [0.2, 0.25) is 0 Å². The average Bonchev–Trinajstić information content (AvgIpc) is 2.31. The summed E-state index contributed by atoms with van der Waals surface area (Å²) in [7, 11) is 0. The second-order valence-corrected chi connectivity index (χ2v) is 4.61. The minimum atomic E-state index is -1.55. The molecule has 0 heterocycles. The lowest BCUT2D eigenvalue weighted by molar-refractivity contribution is 0.0687. The standard InChI is InChI=1S/C12H13F2NO4/c1-12(2,5-16)15-10(17)6-3-8(13)9(14)4-7(6)11(18)19/h3-4,16H,5H2,1-2H3,(H,15,17)(H,18,19). The van der Waals surface area contributed by atoms with Crippen molar-refractivity contribution in [2.45, 2.75) is 19.4 Å². The third-order valence-electron chi connectivity index (χ3n) is 2.38. The van der Waals surface area contributed by atoms with Crippen molar-refractivity contribution >= 4 is 11.9 Å². The molecule has 1 aromatic carbocycles. The molecule has 0 saturated heterocycles. The Morgan fingerprint density at radius 1 is 1.21 bits per heavy atom. The van der Waals surface area contributed by atoms with Gasteiger partial charge in [-0.2, -0.15) is 0 Å². The minimum absolute atomic E-state index is 0.398. The Morgan fingerprint density at radius 2 is 1.68 bits per heavy atom. The molecule has 1 amide bonds. The van der Waals surface area contributed by atoms with Crippen LogP contribution in [0.1, 0.15) is 34.6 Å². The number of aliphatic hydroxyl groups excluding tert-OH is 1. The molecule has 0 aliphatic heterocycles. The second-order valence-electron chi connectivity index (χ2n) is 4.61. The Bertz CT molecular complexity index is 529. The van der Waals surface area contributed by atoms with Crippen LogP contribution < -0.4 is 5.32 Å². The van der Waals surface area contributed by atoms with E-state index in [0.29, 0.717) is 12.1 Å². The number of aliphatic hydroxyl groups is 1. The molecule has 0 aliphatic carbocycles. The number of carbonyl (C=O) groups excluding carboxylic acids is 1. The SMILES string of the molecule is CC(C)(CO)NC(=O)c1cc(F)c(F)cc1C(=O)O. The summed E-state index contributed by atoms with van der Waals surface area (Å²) in [4.78, 5) is 22.7. The van der Waals surface area contributed by atoms with Crippen LogP contribution in [0, 0.1) is 11.6 Å². The van der Waals surface area contributed by atoms with Gasteiger partial charge in [-0.15, -0.1) is 0 Å². The van der Waals surface area contributed by atoms with E-state index in [1.54, 1.807) is 0 Å². The smallest absolute Gasteiger partial charge is 0.336 e. The molecule has 104 valence electrons. The maximum Gasteiger partial charge on any atom is 0.336 e. The first kappa shape index (κ1) is 15.0. The Morgan fingerprint density at radius 3 is 2.11 bits per heavy atom. The zero-order valence-corrected chi connectivity index (χ0v) is 10.3. The predicted molar refractivity (Wildman–Crippen MR) is 61.9 cm³/mol. The number of halogens is 2. The van der Waals surface area contributed by atoms with E-state index in [-0.39, 0.29) is 0 Å². The van der Waals surface area contributed by atoms with Gasteiger partial charge in [0.25, 0.3) is 5.91 Å². The summed E-state index contributed by atoms with van der Waals surface area (Å²) in [6.45, 7) is 2.58. The number of hydrogen-bond donors (Lipinski definition) is 3. The molecule has 0 atom stereocenters. The maximum atomic E-state index is 13.1. The first-order valence-corrected chi connectivity index (χ1v) is 5.33. The van der Waals surface area contributed by atoms with Crippen LogP contribution in [-0.4, -0.2) is 34.2 Å². The lowest BCUT2D eigenvalue weighted by atomic mass is 10.0. The average molecular weight is 273 g/mol. The molecule has 19 heavy (non-hydrogen) atoms. The largest absolute Gasteiger partial charge is 0.478 e. The van der Waals surface area contributed by atoms with Gasteiger partial charge >= 0.3 is 5.97 Å². The first-order chi connectivity index (χ1) is 8.68. The molecule has 1 aromatic rings. The van der Waals surface area contributed by atoms with Crippen molar-refractivity contribution in [3.8, 4) is 0 Å². The van der Waals surface area contributed by atoms with Gasteiger partial charge in [0.1, 0.15) is 0 Å². The number of carboxylic acid groups (broad SMARTS) is 1.